The summed E-state index contributed by atoms with van der Waals surface area (Å²) in [7, 11) is 0. The van der Waals surface area contributed by atoms with Gasteiger partial charge in [-0.1, -0.05) is 35.9 Å². The van der Waals surface area contributed by atoms with Crippen molar-refractivity contribution >= 4 is 11.6 Å². The van der Waals surface area contributed by atoms with Crippen LogP contribution in [0, 0.1) is 0 Å². The van der Waals surface area contributed by atoms with E-state index in [0.717, 1.165) is 11.1 Å². The predicted molar refractivity (Wildman–Crippen MR) is 74.1 cm³/mol. The lowest BCUT2D eigenvalue weighted by molar-refractivity contribution is 0.259. The van der Waals surface area contributed by atoms with Crippen molar-refractivity contribution in [1.82, 2.24) is 0 Å². The van der Waals surface area contributed by atoms with E-state index in [1.54, 1.807) is 18.2 Å². The van der Waals surface area contributed by atoms with Crippen LogP contribution in [0.15, 0.2) is 42.5 Å². The third-order valence-electron chi connectivity index (χ3n) is 2.79. The monoisotopic (exact) mass is 278 g/mol. The molecule has 0 aromatic heterocycles. The summed E-state index contributed by atoms with van der Waals surface area (Å²) in [5, 5.41) is 18.8. The van der Waals surface area contributed by atoms with Crippen molar-refractivity contribution in [3.8, 4) is 5.75 Å². The van der Waals surface area contributed by atoms with Crippen molar-refractivity contribution < 1.29 is 14.9 Å². The molecule has 0 unspecified atom stereocenters. The molecule has 0 bridgehead atoms. The molecule has 19 heavy (non-hydrogen) atoms. The van der Waals surface area contributed by atoms with Crippen LogP contribution in [0.2, 0.25) is 5.02 Å². The van der Waals surface area contributed by atoms with E-state index in [2.05, 4.69) is 0 Å². The smallest absolute Gasteiger partial charge is 0.125 e. The molecule has 0 aliphatic heterocycles. The summed E-state index contributed by atoms with van der Waals surface area (Å²) >= 11 is 5.86. The maximum Gasteiger partial charge on any atom is 0.125 e. The van der Waals surface area contributed by atoms with Crippen molar-refractivity contribution in [1.29, 1.82) is 0 Å². The summed E-state index contributed by atoms with van der Waals surface area (Å²) < 4.78 is 5.66. The predicted octanol–water partition coefficient (Wildman–Crippen LogP) is 2.90. The zero-order chi connectivity index (χ0) is 13.7. The summed E-state index contributed by atoms with van der Waals surface area (Å²) in [5.41, 5.74) is 2.53. The minimum atomic E-state index is -0.112. The van der Waals surface area contributed by atoms with E-state index in [1.807, 2.05) is 24.3 Å². The molecule has 2 N–H and O–H groups in total. The second kappa shape index (κ2) is 6.57. The van der Waals surface area contributed by atoms with Gasteiger partial charge in [0, 0.05) is 10.6 Å². The zero-order valence-corrected chi connectivity index (χ0v) is 11.1. The van der Waals surface area contributed by atoms with E-state index in [9.17, 15) is 5.11 Å². The molecule has 4 heteroatoms. The highest BCUT2D eigenvalue weighted by atomic mass is 35.5. The Kier molecular flexibility index (Phi) is 4.80. The number of aliphatic hydroxyl groups is 2. The van der Waals surface area contributed by atoms with E-state index in [0.29, 0.717) is 22.9 Å². The normalized spacial score (nSPS) is 10.5. The summed E-state index contributed by atoms with van der Waals surface area (Å²) in [5.74, 6) is 0.623. The lowest BCUT2D eigenvalue weighted by Gasteiger charge is -2.10. The van der Waals surface area contributed by atoms with Crippen molar-refractivity contribution in [2.75, 3.05) is 0 Å². The van der Waals surface area contributed by atoms with Crippen LogP contribution in [-0.4, -0.2) is 10.2 Å². The number of aliphatic hydroxyl groups excluding tert-OH is 2. The highest BCUT2D eigenvalue weighted by Gasteiger charge is 2.04. The number of rotatable bonds is 5. The van der Waals surface area contributed by atoms with Crippen LogP contribution < -0.4 is 4.74 Å². The molecule has 100 valence electrons. The van der Waals surface area contributed by atoms with Crippen molar-refractivity contribution in [3.63, 3.8) is 0 Å². The Bertz CT molecular complexity index is 538. The number of hydrogen-bond donors (Lipinski definition) is 2. The fourth-order valence-corrected chi connectivity index (χ4v) is 1.91. The van der Waals surface area contributed by atoms with Crippen LogP contribution in [0.4, 0.5) is 0 Å². The van der Waals surface area contributed by atoms with Crippen LogP contribution in [0.1, 0.15) is 16.7 Å². The van der Waals surface area contributed by atoms with Crippen LogP contribution in [0.25, 0.3) is 0 Å². The first kappa shape index (κ1) is 13.9. The molecule has 0 aliphatic rings. The Balaban J connectivity index is 2.05. The number of benzene rings is 2. The first-order chi connectivity index (χ1) is 9.22. The Morgan fingerprint density at radius 3 is 2.21 bits per heavy atom. The standard InChI is InChI=1S/C15H15ClO3/c16-14-5-6-15(13(7-14)9-18)19-10-12-3-1-11(8-17)2-4-12/h1-7,17-18H,8-10H2. The maximum absolute atomic E-state index is 9.24. The van der Waals surface area contributed by atoms with Crippen molar-refractivity contribution in [2.24, 2.45) is 0 Å². The molecule has 2 rings (SSSR count). The van der Waals surface area contributed by atoms with Crippen LogP contribution in [-0.2, 0) is 19.8 Å². The Morgan fingerprint density at radius 2 is 1.58 bits per heavy atom. The molecule has 0 aliphatic carbocycles. The third-order valence-corrected chi connectivity index (χ3v) is 3.03. The van der Waals surface area contributed by atoms with E-state index < -0.39 is 0 Å². The fourth-order valence-electron chi connectivity index (χ4n) is 1.71. The van der Waals surface area contributed by atoms with Gasteiger partial charge in [-0.3, -0.25) is 0 Å². The van der Waals surface area contributed by atoms with Gasteiger partial charge in [-0.2, -0.15) is 0 Å². The van der Waals surface area contributed by atoms with Gasteiger partial charge < -0.3 is 14.9 Å². The molecule has 0 atom stereocenters. The molecule has 2 aromatic rings. The molecule has 0 spiro atoms. The maximum atomic E-state index is 9.24. The molecular weight excluding hydrogens is 264 g/mol. The van der Waals surface area contributed by atoms with Crippen LogP contribution >= 0.6 is 11.6 Å². The third kappa shape index (κ3) is 3.70. The fraction of sp³-hybridized carbons (Fsp3) is 0.200. The van der Waals surface area contributed by atoms with Gasteiger partial charge in [0.15, 0.2) is 0 Å². The first-order valence-corrected chi connectivity index (χ1v) is 6.31. The summed E-state index contributed by atoms with van der Waals surface area (Å²) in [6.45, 7) is 0.326. The average molecular weight is 279 g/mol. The Hall–Kier alpha value is -1.55. The minimum Gasteiger partial charge on any atom is -0.489 e. The van der Waals surface area contributed by atoms with Crippen molar-refractivity contribution in [3.05, 3.63) is 64.2 Å². The lowest BCUT2D eigenvalue weighted by Crippen LogP contribution is -1.99. The van der Waals surface area contributed by atoms with E-state index in [4.69, 9.17) is 21.4 Å². The average Bonchev–Trinajstić information content (AvgIpc) is 2.46. The molecular formula is C15H15ClO3. The number of hydrogen-bond acceptors (Lipinski definition) is 3. The first-order valence-electron chi connectivity index (χ1n) is 5.93. The Labute approximate surface area is 117 Å². The van der Waals surface area contributed by atoms with Gasteiger partial charge in [0.25, 0.3) is 0 Å². The minimum absolute atomic E-state index is 0.0347. The van der Waals surface area contributed by atoms with Gasteiger partial charge in [0.1, 0.15) is 12.4 Å². The van der Waals surface area contributed by atoms with E-state index >= 15 is 0 Å². The molecule has 0 saturated heterocycles. The number of halogens is 1. The molecule has 0 fully saturated rings. The molecule has 0 saturated carbocycles. The van der Waals surface area contributed by atoms with Gasteiger partial charge >= 0.3 is 0 Å². The second-order valence-corrected chi connectivity index (χ2v) is 4.61. The summed E-state index contributed by atoms with van der Waals surface area (Å²) in [4.78, 5) is 0. The van der Waals surface area contributed by atoms with Gasteiger partial charge in [0.05, 0.1) is 13.2 Å². The summed E-state index contributed by atoms with van der Waals surface area (Å²) in [6, 6.07) is 12.7. The number of ether oxygens (including phenoxy) is 1. The zero-order valence-electron chi connectivity index (χ0n) is 10.3. The topological polar surface area (TPSA) is 49.7 Å². The second-order valence-electron chi connectivity index (χ2n) is 4.17. The molecule has 0 amide bonds. The molecule has 2 aromatic carbocycles. The SMILES string of the molecule is OCc1ccc(COc2ccc(Cl)cc2CO)cc1. The van der Waals surface area contributed by atoms with Gasteiger partial charge in [-0.25, -0.2) is 0 Å². The molecule has 0 radical (unpaired) electrons. The Morgan fingerprint density at radius 1 is 0.895 bits per heavy atom. The van der Waals surface area contributed by atoms with Crippen LogP contribution in [0.5, 0.6) is 5.75 Å². The summed E-state index contributed by atoms with van der Waals surface area (Å²) in [6.07, 6.45) is 0. The van der Waals surface area contributed by atoms with E-state index in [1.165, 1.54) is 0 Å². The quantitative estimate of drug-likeness (QED) is 0.884. The highest BCUT2D eigenvalue weighted by Crippen LogP contribution is 2.23. The highest BCUT2D eigenvalue weighted by molar-refractivity contribution is 6.30. The largest absolute Gasteiger partial charge is 0.489 e. The molecule has 3 nitrogen and oxygen atoms in total. The van der Waals surface area contributed by atoms with Gasteiger partial charge in [-0.15, -0.1) is 0 Å². The molecule has 0 heterocycles. The van der Waals surface area contributed by atoms with E-state index in [-0.39, 0.29) is 13.2 Å². The van der Waals surface area contributed by atoms with Gasteiger partial charge in [-0.05, 0) is 29.3 Å². The lowest BCUT2D eigenvalue weighted by atomic mass is 10.1. The van der Waals surface area contributed by atoms with Crippen LogP contribution in [0.3, 0.4) is 0 Å². The van der Waals surface area contributed by atoms with Crippen molar-refractivity contribution in [2.45, 2.75) is 19.8 Å². The van der Waals surface area contributed by atoms with Gasteiger partial charge in [0.2, 0.25) is 0 Å².